The minimum atomic E-state index is -0.139. The molecule has 1 atom stereocenters. The SMILES string of the molecule is CCCCCC(CO)OC(C)(C)C. The van der Waals surface area contributed by atoms with Gasteiger partial charge in [-0.05, 0) is 27.2 Å². The number of rotatable bonds is 6. The summed E-state index contributed by atoms with van der Waals surface area (Å²) in [4.78, 5) is 0. The van der Waals surface area contributed by atoms with E-state index in [2.05, 4.69) is 6.92 Å². The van der Waals surface area contributed by atoms with Crippen LogP contribution in [0.25, 0.3) is 0 Å². The zero-order valence-corrected chi connectivity index (χ0v) is 9.47. The van der Waals surface area contributed by atoms with Gasteiger partial charge in [0, 0.05) is 0 Å². The molecule has 0 heterocycles. The van der Waals surface area contributed by atoms with Gasteiger partial charge in [-0.25, -0.2) is 0 Å². The van der Waals surface area contributed by atoms with Crippen LogP contribution in [0.4, 0.5) is 0 Å². The molecule has 0 saturated carbocycles. The zero-order chi connectivity index (χ0) is 10.3. The van der Waals surface area contributed by atoms with Crippen LogP contribution >= 0.6 is 0 Å². The van der Waals surface area contributed by atoms with Gasteiger partial charge in [-0.3, -0.25) is 0 Å². The van der Waals surface area contributed by atoms with Gasteiger partial charge in [0.05, 0.1) is 18.3 Å². The minimum absolute atomic E-state index is 0.0200. The lowest BCUT2D eigenvalue weighted by Crippen LogP contribution is -2.29. The van der Waals surface area contributed by atoms with Crippen molar-refractivity contribution in [2.75, 3.05) is 6.61 Å². The van der Waals surface area contributed by atoms with E-state index in [-0.39, 0.29) is 18.3 Å². The van der Waals surface area contributed by atoms with Gasteiger partial charge in [0.25, 0.3) is 0 Å². The molecular formula is C11H24O2. The van der Waals surface area contributed by atoms with Crippen LogP contribution in [-0.2, 0) is 4.74 Å². The summed E-state index contributed by atoms with van der Waals surface area (Å²) in [5.74, 6) is 0. The first-order valence-corrected chi connectivity index (χ1v) is 5.28. The third-order valence-corrected chi connectivity index (χ3v) is 1.85. The lowest BCUT2D eigenvalue weighted by atomic mass is 10.1. The molecule has 0 aromatic rings. The van der Waals surface area contributed by atoms with E-state index in [0.29, 0.717) is 0 Å². The van der Waals surface area contributed by atoms with E-state index >= 15 is 0 Å². The number of aliphatic hydroxyl groups is 1. The van der Waals surface area contributed by atoms with Gasteiger partial charge >= 0.3 is 0 Å². The van der Waals surface area contributed by atoms with Gasteiger partial charge in [0.1, 0.15) is 0 Å². The van der Waals surface area contributed by atoms with E-state index < -0.39 is 0 Å². The fraction of sp³-hybridized carbons (Fsp3) is 1.00. The summed E-state index contributed by atoms with van der Waals surface area (Å²) in [5.41, 5.74) is -0.139. The molecule has 0 amide bonds. The molecule has 2 heteroatoms. The molecule has 0 aromatic carbocycles. The molecule has 0 aromatic heterocycles. The largest absolute Gasteiger partial charge is 0.394 e. The summed E-state index contributed by atoms with van der Waals surface area (Å²) in [6, 6.07) is 0. The Hall–Kier alpha value is -0.0800. The Balaban J connectivity index is 3.63. The minimum Gasteiger partial charge on any atom is -0.394 e. The Morgan fingerprint density at radius 2 is 1.85 bits per heavy atom. The van der Waals surface area contributed by atoms with E-state index in [1.165, 1.54) is 12.8 Å². The number of hydrogen-bond donors (Lipinski definition) is 1. The van der Waals surface area contributed by atoms with Crippen LogP contribution in [0.3, 0.4) is 0 Å². The molecule has 0 aliphatic rings. The van der Waals surface area contributed by atoms with Crippen molar-refractivity contribution in [3.05, 3.63) is 0 Å². The van der Waals surface area contributed by atoms with Crippen LogP contribution in [0.15, 0.2) is 0 Å². The highest BCUT2D eigenvalue weighted by Gasteiger charge is 2.17. The molecule has 0 aliphatic heterocycles. The fourth-order valence-corrected chi connectivity index (χ4v) is 1.31. The molecule has 0 bridgehead atoms. The van der Waals surface area contributed by atoms with E-state index in [4.69, 9.17) is 9.84 Å². The van der Waals surface area contributed by atoms with Crippen LogP contribution in [0, 0.1) is 0 Å². The molecule has 2 nitrogen and oxygen atoms in total. The summed E-state index contributed by atoms with van der Waals surface area (Å²) in [6.45, 7) is 8.39. The first-order chi connectivity index (χ1) is 5.99. The highest BCUT2D eigenvalue weighted by atomic mass is 16.5. The molecule has 13 heavy (non-hydrogen) atoms. The molecule has 0 saturated heterocycles. The van der Waals surface area contributed by atoms with Crippen LogP contribution < -0.4 is 0 Å². The Morgan fingerprint density at radius 3 is 2.23 bits per heavy atom. The molecule has 80 valence electrons. The summed E-state index contributed by atoms with van der Waals surface area (Å²) in [6.07, 6.45) is 4.59. The maximum absolute atomic E-state index is 9.06. The Labute approximate surface area is 82.3 Å². The molecular weight excluding hydrogens is 164 g/mol. The van der Waals surface area contributed by atoms with Gasteiger partial charge in [0.2, 0.25) is 0 Å². The van der Waals surface area contributed by atoms with E-state index in [1.807, 2.05) is 20.8 Å². The molecule has 0 aliphatic carbocycles. The van der Waals surface area contributed by atoms with Crippen LogP contribution in [0.1, 0.15) is 53.4 Å². The molecule has 0 spiro atoms. The number of unbranched alkanes of at least 4 members (excludes halogenated alkanes) is 2. The van der Waals surface area contributed by atoms with Crippen molar-refractivity contribution in [3.8, 4) is 0 Å². The highest BCUT2D eigenvalue weighted by Crippen LogP contribution is 2.15. The van der Waals surface area contributed by atoms with Gasteiger partial charge in [-0.15, -0.1) is 0 Å². The van der Waals surface area contributed by atoms with Crippen molar-refractivity contribution in [2.45, 2.75) is 65.1 Å². The normalized spacial score (nSPS) is 14.5. The second kappa shape index (κ2) is 6.39. The quantitative estimate of drug-likeness (QED) is 0.649. The van der Waals surface area contributed by atoms with E-state index in [9.17, 15) is 0 Å². The Bertz CT molecular complexity index is 116. The van der Waals surface area contributed by atoms with Gasteiger partial charge in [-0.2, -0.15) is 0 Å². The number of aliphatic hydroxyl groups excluding tert-OH is 1. The fourth-order valence-electron chi connectivity index (χ4n) is 1.31. The molecule has 0 fully saturated rings. The lowest BCUT2D eigenvalue weighted by Gasteiger charge is -2.26. The predicted molar refractivity (Wildman–Crippen MR) is 55.9 cm³/mol. The standard InChI is InChI=1S/C11H24O2/c1-5-6-7-8-10(9-12)13-11(2,3)4/h10,12H,5-9H2,1-4H3. The van der Waals surface area contributed by atoms with Gasteiger partial charge in [-0.1, -0.05) is 26.2 Å². The van der Waals surface area contributed by atoms with Crippen LogP contribution in [0.2, 0.25) is 0 Å². The van der Waals surface area contributed by atoms with Crippen LogP contribution in [0.5, 0.6) is 0 Å². The number of ether oxygens (including phenoxy) is 1. The summed E-state index contributed by atoms with van der Waals surface area (Å²) >= 11 is 0. The van der Waals surface area contributed by atoms with Crippen molar-refractivity contribution in [2.24, 2.45) is 0 Å². The average Bonchev–Trinajstić information content (AvgIpc) is 2.01. The maximum Gasteiger partial charge on any atom is 0.0812 e. The van der Waals surface area contributed by atoms with E-state index in [0.717, 1.165) is 12.8 Å². The lowest BCUT2D eigenvalue weighted by molar-refractivity contribution is -0.0835. The molecule has 1 N–H and O–H groups in total. The second-order valence-electron chi connectivity index (χ2n) is 4.53. The third-order valence-electron chi connectivity index (χ3n) is 1.85. The number of hydrogen-bond acceptors (Lipinski definition) is 2. The first kappa shape index (κ1) is 12.9. The summed E-state index contributed by atoms with van der Waals surface area (Å²) in [5, 5.41) is 9.06. The third kappa shape index (κ3) is 8.26. The van der Waals surface area contributed by atoms with Gasteiger partial charge < -0.3 is 9.84 Å². The predicted octanol–water partition coefficient (Wildman–Crippen LogP) is 2.74. The summed E-state index contributed by atoms with van der Waals surface area (Å²) < 4.78 is 5.68. The smallest absolute Gasteiger partial charge is 0.0812 e. The van der Waals surface area contributed by atoms with Crippen molar-refractivity contribution in [1.82, 2.24) is 0 Å². The maximum atomic E-state index is 9.06. The highest BCUT2D eigenvalue weighted by molar-refractivity contribution is 4.65. The second-order valence-corrected chi connectivity index (χ2v) is 4.53. The van der Waals surface area contributed by atoms with Crippen molar-refractivity contribution < 1.29 is 9.84 Å². The Kier molecular flexibility index (Phi) is 6.35. The van der Waals surface area contributed by atoms with Gasteiger partial charge in [0.15, 0.2) is 0 Å². The van der Waals surface area contributed by atoms with Crippen molar-refractivity contribution >= 4 is 0 Å². The van der Waals surface area contributed by atoms with Crippen LogP contribution in [-0.4, -0.2) is 23.4 Å². The summed E-state index contributed by atoms with van der Waals surface area (Å²) in [7, 11) is 0. The molecule has 0 radical (unpaired) electrons. The average molecular weight is 188 g/mol. The Morgan fingerprint density at radius 1 is 1.23 bits per heavy atom. The molecule has 0 rings (SSSR count). The zero-order valence-electron chi connectivity index (χ0n) is 9.47. The first-order valence-electron chi connectivity index (χ1n) is 5.28. The monoisotopic (exact) mass is 188 g/mol. The topological polar surface area (TPSA) is 29.5 Å². The van der Waals surface area contributed by atoms with Crippen molar-refractivity contribution in [1.29, 1.82) is 0 Å². The van der Waals surface area contributed by atoms with E-state index in [1.54, 1.807) is 0 Å². The van der Waals surface area contributed by atoms with Crippen molar-refractivity contribution in [3.63, 3.8) is 0 Å². The molecule has 1 unspecified atom stereocenters.